The van der Waals surface area contributed by atoms with Crippen molar-refractivity contribution in [1.29, 1.82) is 0 Å². The number of ketones is 1. The van der Waals surface area contributed by atoms with Crippen LogP contribution in [0.5, 0.6) is 0 Å². The van der Waals surface area contributed by atoms with E-state index in [1.165, 1.54) is 27.3 Å². The molecule has 0 spiro atoms. The van der Waals surface area contributed by atoms with Gasteiger partial charge in [-0.3, -0.25) is 14.7 Å². The lowest BCUT2D eigenvalue weighted by Gasteiger charge is -2.24. The molecule has 0 radical (unpaired) electrons. The number of nitrogens with one attached hydrogen (secondary N) is 2. The summed E-state index contributed by atoms with van der Waals surface area (Å²) >= 11 is 1.44. The molecule has 1 aromatic heterocycles. The lowest BCUT2D eigenvalue weighted by Crippen LogP contribution is -2.48. The van der Waals surface area contributed by atoms with Gasteiger partial charge in [-0.05, 0) is 24.6 Å². The fraction of sp³-hybridized carbons (Fsp3) is 0.455. The second-order valence-electron chi connectivity index (χ2n) is 8.19. The maximum atomic E-state index is 15.1. The summed E-state index contributed by atoms with van der Waals surface area (Å²) < 4.78 is 45.0. The van der Waals surface area contributed by atoms with Crippen LogP contribution in [0.15, 0.2) is 29.8 Å². The van der Waals surface area contributed by atoms with Crippen LogP contribution in [0.1, 0.15) is 17.8 Å². The van der Waals surface area contributed by atoms with E-state index in [0.717, 1.165) is 5.01 Å². The summed E-state index contributed by atoms with van der Waals surface area (Å²) in [6.07, 6.45) is -3.28. The van der Waals surface area contributed by atoms with Crippen LogP contribution in [0, 0.1) is 5.82 Å². The van der Waals surface area contributed by atoms with Gasteiger partial charge in [0, 0.05) is 37.6 Å². The van der Waals surface area contributed by atoms with Crippen molar-refractivity contribution in [2.45, 2.75) is 31.9 Å². The van der Waals surface area contributed by atoms with E-state index < -0.39 is 36.6 Å². The number of carbonyl (C=O) groups excluding carboxylic acids is 3. The van der Waals surface area contributed by atoms with Crippen molar-refractivity contribution in [1.82, 2.24) is 20.7 Å². The highest BCUT2D eigenvalue weighted by Gasteiger charge is 2.33. The molecule has 0 unspecified atom stereocenters. The van der Waals surface area contributed by atoms with E-state index in [1.807, 2.05) is 5.38 Å². The number of benzene rings is 1. The molecule has 2 aliphatic rings. The Morgan fingerprint density at radius 3 is 2.83 bits per heavy atom. The molecule has 10 nitrogen and oxygen atoms in total. The number of rotatable bonds is 8. The number of urea groups is 1. The maximum absolute atomic E-state index is 15.1. The van der Waals surface area contributed by atoms with Gasteiger partial charge in [0.1, 0.15) is 16.9 Å². The molecule has 2 aromatic rings. The Morgan fingerprint density at radius 1 is 1.28 bits per heavy atom. The molecule has 2 N–H and O–H groups in total. The van der Waals surface area contributed by atoms with E-state index >= 15 is 4.39 Å². The third-order valence-corrected chi connectivity index (χ3v) is 6.59. The molecule has 3 heterocycles. The Morgan fingerprint density at radius 2 is 2.11 bits per heavy atom. The number of hydrogen-bond donors (Lipinski definition) is 2. The summed E-state index contributed by atoms with van der Waals surface area (Å²) in [6.45, 7) is 1.88. The molecular weight excluding hydrogens is 501 g/mol. The normalized spacial score (nSPS) is 18.4. The highest BCUT2D eigenvalue weighted by Crippen LogP contribution is 2.29. The number of hydrogen-bond acceptors (Lipinski definition) is 8. The molecule has 4 rings (SSSR count). The summed E-state index contributed by atoms with van der Waals surface area (Å²) in [4.78, 5) is 42.9. The van der Waals surface area contributed by atoms with Gasteiger partial charge in [0.2, 0.25) is 0 Å². The highest BCUT2D eigenvalue weighted by atomic mass is 32.1. The van der Waals surface area contributed by atoms with Gasteiger partial charge in [-0.15, -0.1) is 11.3 Å². The monoisotopic (exact) mass is 526 g/mol. The van der Waals surface area contributed by atoms with Crippen LogP contribution in [0.2, 0.25) is 0 Å². The molecule has 1 atom stereocenters. The van der Waals surface area contributed by atoms with Crippen LogP contribution in [0.25, 0.3) is 0 Å². The van der Waals surface area contributed by atoms with E-state index in [-0.39, 0.29) is 24.7 Å². The minimum Gasteiger partial charge on any atom is -0.444 e. The molecule has 14 heteroatoms. The van der Waals surface area contributed by atoms with E-state index in [2.05, 4.69) is 15.7 Å². The van der Waals surface area contributed by atoms with Gasteiger partial charge in [-0.25, -0.2) is 33.2 Å². The number of Topliss-reactive ketones (excluding diaryl/α,β-unsaturated/α-hetero) is 1. The molecule has 3 amide bonds. The maximum Gasteiger partial charge on any atom is 0.414 e. The SMILES string of the molecule is O=C(CC[C@H]1CN(c2ccc(N3CCNN(C(=O)NCc4nccs4)CC3)c(F)c2)C(=O)O1)C(F)F. The third-order valence-electron chi connectivity index (χ3n) is 5.81. The fourth-order valence-electron chi connectivity index (χ4n) is 3.95. The number of amides is 3. The number of carbonyl (C=O) groups is 3. The van der Waals surface area contributed by atoms with Crippen molar-refractivity contribution in [2.24, 2.45) is 0 Å². The molecule has 0 aliphatic carbocycles. The zero-order valence-corrected chi connectivity index (χ0v) is 20.0. The number of hydrazine groups is 1. The number of ether oxygens (including phenoxy) is 1. The molecule has 2 saturated heterocycles. The lowest BCUT2D eigenvalue weighted by molar-refractivity contribution is -0.129. The van der Waals surface area contributed by atoms with Crippen molar-refractivity contribution in [3.8, 4) is 0 Å². The predicted molar refractivity (Wildman–Crippen MR) is 126 cm³/mol. The minimum atomic E-state index is -3.06. The van der Waals surface area contributed by atoms with Gasteiger partial charge in [-0.1, -0.05) is 0 Å². The largest absolute Gasteiger partial charge is 0.444 e. The molecule has 0 saturated carbocycles. The number of alkyl halides is 2. The van der Waals surface area contributed by atoms with E-state index in [4.69, 9.17) is 4.74 Å². The minimum absolute atomic E-state index is 0.0271. The highest BCUT2D eigenvalue weighted by molar-refractivity contribution is 7.09. The quantitative estimate of drug-likeness (QED) is 0.545. The Bertz CT molecular complexity index is 1090. The lowest BCUT2D eigenvalue weighted by atomic mass is 10.1. The zero-order valence-electron chi connectivity index (χ0n) is 19.2. The van der Waals surface area contributed by atoms with Gasteiger partial charge in [0.25, 0.3) is 6.43 Å². The average molecular weight is 527 g/mol. The van der Waals surface area contributed by atoms with Gasteiger partial charge < -0.3 is 15.0 Å². The van der Waals surface area contributed by atoms with Crippen molar-refractivity contribution in [3.05, 3.63) is 40.6 Å². The first-order valence-corrected chi connectivity index (χ1v) is 12.2. The number of cyclic esters (lactones) is 1. The van der Waals surface area contributed by atoms with Crippen molar-refractivity contribution in [3.63, 3.8) is 0 Å². The van der Waals surface area contributed by atoms with Crippen molar-refractivity contribution in [2.75, 3.05) is 42.5 Å². The molecule has 2 fully saturated rings. The number of halogens is 3. The van der Waals surface area contributed by atoms with Crippen LogP contribution < -0.4 is 20.5 Å². The van der Waals surface area contributed by atoms with Crippen LogP contribution in [-0.2, 0) is 16.1 Å². The second kappa shape index (κ2) is 11.6. The topological polar surface area (TPSA) is 107 Å². The third kappa shape index (κ3) is 6.23. The summed E-state index contributed by atoms with van der Waals surface area (Å²) in [7, 11) is 0. The molecule has 194 valence electrons. The van der Waals surface area contributed by atoms with Crippen LogP contribution in [-0.4, -0.2) is 73.2 Å². The number of nitrogens with zero attached hydrogens (tertiary/aromatic N) is 4. The Hall–Kier alpha value is -3.39. The van der Waals surface area contributed by atoms with E-state index in [0.29, 0.717) is 38.4 Å². The first-order valence-electron chi connectivity index (χ1n) is 11.3. The van der Waals surface area contributed by atoms with Crippen molar-refractivity contribution >= 4 is 40.6 Å². The second-order valence-corrected chi connectivity index (χ2v) is 9.17. The fourth-order valence-corrected chi connectivity index (χ4v) is 4.50. The van der Waals surface area contributed by atoms with Crippen molar-refractivity contribution < 1.29 is 32.3 Å². The molecule has 2 aliphatic heterocycles. The van der Waals surface area contributed by atoms with E-state index in [1.54, 1.807) is 23.2 Å². The summed E-state index contributed by atoms with van der Waals surface area (Å²) in [5.41, 5.74) is 3.60. The average Bonchev–Trinajstić information content (AvgIpc) is 3.44. The number of anilines is 2. The van der Waals surface area contributed by atoms with Gasteiger partial charge in [0.05, 0.1) is 31.0 Å². The van der Waals surface area contributed by atoms with Crippen LogP contribution in [0.3, 0.4) is 0 Å². The Labute approximate surface area is 209 Å². The zero-order chi connectivity index (χ0) is 25.7. The molecule has 36 heavy (non-hydrogen) atoms. The summed E-state index contributed by atoms with van der Waals surface area (Å²) in [5.74, 6) is -1.76. The van der Waals surface area contributed by atoms with E-state index in [9.17, 15) is 23.2 Å². The first-order chi connectivity index (χ1) is 17.3. The van der Waals surface area contributed by atoms with Crippen LogP contribution >= 0.6 is 11.3 Å². The summed E-state index contributed by atoms with van der Waals surface area (Å²) in [5, 5.41) is 6.85. The van der Waals surface area contributed by atoms with Gasteiger partial charge >= 0.3 is 12.1 Å². The molecule has 1 aromatic carbocycles. The van der Waals surface area contributed by atoms with Crippen LogP contribution in [0.4, 0.5) is 34.1 Å². The first kappa shape index (κ1) is 25.7. The van der Waals surface area contributed by atoms with Gasteiger partial charge in [0.15, 0.2) is 5.78 Å². The number of aromatic nitrogens is 1. The van der Waals surface area contributed by atoms with Gasteiger partial charge in [-0.2, -0.15) is 0 Å². The smallest absolute Gasteiger partial charge is 0.414 e. The molecular formula is C22H25F3N6O4S. The standard InChI is InChI=1S/C22H25F3N6O4S/c23-16-11-14(30-13-15(35-22(30)34)2-4-18(32)20(24)25)1-3-17(16)29-7-5-28-31(9-8-29)21(33)27-12-19-26-6-10-36-19/h1,3,6,10-11,15,20,28H,2,4-5,7-9,12-13H2,(H,27,33)/t15-/m0/s1. The molecule has 0 bridgehead atoms. The Balaban J connectivity index is 1.32. The Kier molecular flexibility index (Phi) is 8.25. The summed E-state index contributed by atoms with van der Waals surface area (Å²) in [6, 6.07) is 4.02. The predicted octanol–water partition coefficient (Wildman–Crippen LogP) is 2.76. The number of thiazole rings is 1.